The van der Waals surface area contributed by atoms with Crippen molar-refractivity contribution in [1.29, 1.82) is 0 Å². The molecule has 0 amide bonds. The summed E-state index contributed by atoms with van der Waals surface area (Å²) in [7, 11) is 0. The summed E-state index contributed by atoms with van der Waals surface area (Å²) in [5, 5.41) is 17.6. The monoisotopic (exact) mass is 284 g/mol. The summed E-state index contributed by atoms with van der Waals surface area (Å²) >= 11 is 2.73. The summed E-state index contributed by atoms with van der Waals surface area (Å²) < 4.78 is 36.9. The molecule has 2 N–H and O–H groups in total. The van der Waals surface area contributed by atoms with Gasteiger partial charge in [0.1, 0.15) is 5.75 Å². The molecule has 0 radical (unpaired) electrons. The Bertz CT molecular complexity index is 414. The van der Waals surface area contributed by atoms with Gasteiger partial charge in [-0.05, 0) is 28.1 Å². The Kier molecular flexibility index (Phi) is 2.94. The molecule has 15 heavy (non-hydrogen) atoms. The van der Waals surface area contributed by atoms with Crippen molar-refractivity contribution in [2.24, 2.45) is 0 Å². The van der Waals surface area contributed by atoms with Crippen LogP contribution < -0.4 is 0 Å². The number of hydrogen-bond donors (Lipinski definition) is 2. The van der Waals surface area contributed by atoms with E-state index >= 15 is 0 Å². The summed E-state index contributed by atoms with van der Waals surface area (Å²) in [5.74, 6) is -2.37. The Morgan fingerprint density at radius 1 is 1.33 bits per heavy atom. The van der Waals surface area contributed by atoms with Crippen LogP contribution in [0.4, 0.5) is 13.2 Å². The number of hydrogen-bond acceptors (Lipinski definition) is 2. The smallest absolute Gasteiger partial charge is 0.417 e. The second-order valence-corrected chi connectivity index (χ2v) is 3.51. The van der Waals surface area contributed by atoms with Crippen LogP contribution in [0.2, 0.25) is 0 Å². The normalized spacial score (nSPS) is 11.5. The van der Waals surface area contributed by atoms with E-state index in [9.17, 15) is 18.0 Å². The van der Waals surface area contributed by atoms with Crippen molar-refractivity contribution in [2.45, 2.75) is 6.18 Å². The summed E-state index contributed by atoms with van der Waals surface area (Å²) in [6.07, 6.45) is -4.81. The van der Waals surface area contributed by atoms with Crippen LogP contribution in [0, 0.1) is 0 Å². The summed E-state index contributed by atoms with van der Waals surface area (Å²) in [6, 6.07) is 1.08. The molecule has 1 rings (SSSR count). The lowest BCUT2D eigenvalue weighted by Crippen LogP contribution is -2.12. The third kappa shape index (κ3) is 2.41. The van der Waals surface area contributed by atoms with Gasteiger partial charge in [-0.1, -0.05) is 0 Å². The van der Waals surface area contributed by atoms with Crippen LogP contribution in [0.1, 0.15) is 15.9 Å². The van der Waals surface area contributed by atoms with Crippen molar-refractivity contribution in [2.75, 3.05) is 0 Å². The third-order valence-electron chi connectivity index (χ3n) is 1.62. The third-order valence-corrected chi connectivity index (χ3v) is 2.26. The van der Waals surface area contributed by atoms with Gasteiger partial charge in [-0.3, -0.25) is 0 Å². The van der Waals surface area contributed by atoms with E-state index in [2.05, 4.69) is 15.9 Å². The Labute approximate surface area is 90.3 Å². The fourth-order valence-corrected chi connectivity index (χ4v) is 1.32. The number of halogens is 4. The maximum absolute atomic E-state index is 12.3. The van der Waals surface area contributed by atoms with E-state index in [1.54, 1.807) is 0 Å². The fourth-order valence-electron chi connectivity index (χ4n) is 0.973. The van der Waals surface area contributed by atoms with Crippen LogP contribution >= 0.6 is 15.9 Å². The van der Waals surface area contributed by atoms with Crippen molar-refractivity contribution >= 4 is 21.9 Å². The zero-order chi connectivity index (χ0) is 11.8. The van der Waals surface area contributed by atoms with Gasteiger partial charge < -0.3 is 10.2 Å². The standard InChI is InChI=1S/C8H4BrF3O3/c9-5-1-3(7(14)15)4(2-6(5)13)8(10,11)12/h1-2,13H,(H,14,15). The first-order valence-electron chi connectivity index (χ1n) is 3.56. The first kappa shape index (κ1) is 11.8. The number of phenols is 1. The number of carboxylic acids is 1. The minimum atomic E-state index is -4.81. The molecule has 0 fully saturated rings. The predicted molar refractivity (Wildman–Crippen MR) is 47.8 cm³/mol. The van der Waals surface area contributed by atoms with Gasteiger partial charge in [0, 0.05) is 0 Å². The molecule has 3 nitrogen and oxygen atoms in total. The first-order chi connectivity index (χ1) is 6.73. The lowest BCUT2D eigenvalue weighted by molar-refractivity contribution is -0.138. The Morgan fingerprint density at radius 2 is 1.87 bits per heavy atom. The second kappa shape index (κ2) is 3.73. The molecule has 1 aromatic rings. The molecule has 0 saturated carbocycles. The van der Waals surface area contributed by atoms with Gasteiger partial charge in [-0.25, -0.2) is 4.79 Å². The average molecular weight is 285 g/mol. The molecule has 0 heterocycles. The molecular weight excluding hydrogens is 281 g/mol. The lowest BCUT2D eigenvalue weighted by atomic mass is 10.1. The Balaban J connectivity index is 3.49. The highest BCUT2D eigenvalue weighted by atomic mass is 79.9. The molecular formula is C8H4BrF3O3. The molecule has 7 heteroatoms. The van der Waals surface area contributed by atoms with Gasteiger partial charge in [0.2, 0.25) is 0 Å². The maximum Gasteiger partial charge on any atom is 0.417 e. The highest BCUT2D eigenvalue weighted by Crippen LogP contribution is 2.37. The SMILES string of the molecule is O=C(O)c1cc(Br)c(O)cc1C(F)(F)F. The average Bonchev–Trinajstić information content (AvgIpc) is 2.06. The van der Waals surface area contributed by atoms with E-state index in [0.29, 0.717) is 12.1 Å². The molecule has 0 aliphatic rings. The molecule has 1 aromatic carbocycles. The van der Waals surface area contributed by atoms with Gasteiger partial charge in [0.05, 0.1) is 15.6 Å². The molecule has 0 aliphatic heterocycles. The van der Waals surface area contributed by atoms with Crippen LogP contribution in [0.25, 0.3) is 0 Å². The maximum atomic E-state index is 12.3. The van der Waals surface area contributed by atoms with E-state index in [1.807, 2.05) is 0 Å². The zero-order valence-electron chi connectivity index (χ0n) is 6.97. The summed E-state index contributed by atoms with van der Waals surface area (Å²) in [5.41, 5.74) is -2.29. The molecule has 82 valence electrons. The van der Waals surface area contributed by atoms with E-state index in [4.69, 9.17) is 10.2 Å². The molecule has 0 saturated heterocycles. The quantitative estimate of drug-likeness (QED) is 0.834. The molecule has 0 aliphatic carbocycles. The number of carboxylic acid groups (broad SMARTS) is 1. The highest BCUT2D eigenvalue weighted by Gasteiger charge is 2.36. The van der Waals surface area contributed by atoms with Gasteiger partial charge in [-0.2, -0.15) is 13.2 Å². The first-order valence-corrected chi connectivity index (χ1v) is 4.35. The number of benzene rings is 1. The zero-order valence-corrected chi connectivity index (χ0v) is 8.56. The molecule has 0 atom stereocenters. The molecule has 0 bridgehead atoms. The predicted octanol–water partition coefficient (Wildman–Crippen LogP) is 2.87. The van der Waals surface area contributed by atoms with Crippen LogP contribution in [0.15, 0.2) is 16.6 Å². The summed E-state index contributed by atoms with van der Waals surface area (Å²) in [6.45, 7) is 0. The lowest BCUT2D eigenvalue weighted by Gasteiger charge is -2.11. The number of phenolic OH excluding ortho intramolecular Hbond substituents is 1. The number of rotatable bonds is 1. The topological polar surface area (TPSA) is 57.5 Å². The number of carbonyl (C=O) groups is 1. The second-order valence-electron chi connectivity index (χ2n) is 2.65. The minimum absolute atomic E-state index is 0.104. The number of alkyl halides is 3. The van der Waals surface area contributed by atoms with Gasteiger partial charge in [-0.15, -0.1) is 0 Å². The molecule has 0 aromatic heterocycles. The van der Waals surface area contributed by atoms with Crippen LogP contribution in [0.3, 0.4) is 0 Å². The Morgan fingerprint density at radius 3 is 2.27 bits per heavy atom. The fraction of sp³-hybridized carbons (Fsp3) is 0.125. The molecule has 0 unspecified atom stereocenters. The van der Waals surface area contributed by atoms with E-state index in [1.165, 1.54) is 0 Å². The minimum Gasteiger partial charge on any atom is -0.507 e. The Hall–Kier alpha value is -1.24. The summed E-state index contributed by atoms with van der Waals surface area (Å²) in [4.78, 5) is 10.5. The van der Waals surface area contributed by atoms with Crippen molar-refractivity contribution < 1.29 is 28.2 Å². The van der Waals surface area contributed by atoms with Crippen molar-refractivity contribution in [3.8, 4) is 5.75 Å². The van der Waals surface area contributed by atoms with Crippen molar-refractivity contribution in [3.05, 3.63) is 27.7 Å². The molecule has 0 spiro atoms. The van der Waals surface area contributed by atoms with E-state index in [0.717, 1.165) is 0 Å². The van der Waals surface area contributed by atoms with Gasteiger partial charge in [0.25, 0.3) is 0 Å². The van der Waals surface area contributed by atoms with Crippen molar-refractivity contribution in [3.63, 3.8) is 0 Å². The van der Waals surface area contributed by atoms with Crippen molar-refractivity contribution in [1.82, 2.24) is 0 Å². The van der Waals surface area contributed by atoms with Gasteiger partial charge in [0.15, 0.2) is 0 Å². The highest BCUT2D eigenvalue weighted by molar-refractivity contribution is 9.10. The van der Waals surface area contributed by atoms with Crippen LogP contribution in [-0.4, -0.2) is 16.2 Å². The largest absolute Gasteiger partial charge is 0.507 e. The number of aromatic carboxylic acids is 1. The van der Waals surface area contributed by atoms with Crippen LogP contribution in [0.5, 0.6) is 5.75 Å². The van der Waals surface area contributed by atoms with E-state index < -0.39 is 29.0 Å². The van der Waals surface area contributed by atoms with Crippen LogP contribution in [-0.2, 0) is 6.18 Å². The number of aromatic hydroxyl groups is 1. The van der Waals surface area contributed by atoms with Gasteiger partial charge >= 0.3 is 12.1 Å². The van der Waals surface area contributed by atoms with E-state index in [-0.39, 0.29) is 4.47 Å².